The van der Waals surface area contributed by atoms with Gasteiger partial charge in [-0.3, -0.25) is 9.59 Å². The first-order valence-corrected chi connectivity index (χ1v) is 12.4. The Hall–Kier alpha value is -0.940. The van der Waals surface area contributed by atoms with Crippen LogP contribution in [-0.4, -0.2) is 43.7 Å². The molecule has 0 saturated heterocycles. The minimum absolute atomic E-state index is 0. The summed E-state index contributed by atoms with van der Waals surface area (Å²) in [5, 5.41) is 3.13. The zero-order valence-corrected chi connectivity index (χ0v) is 20.2. The predicted molar refractivity (Wildman–Crippen MR) is 125 cm³/mol. The Kier molecular flexibility index (Phi) is 14.3. The number of hydrogen-bond donors (Lipinski definition) is 1. The number of ether oxygens (including phenoxy) is 2. The highest BCUT2D eigenvalue weighted by molar-refractivity contribution is 5.78. The Labute approximate surface area is 186 Å². The topological polar surface area (TPSA) is 64.6 Å². The van der Waals surface area contributed by atoms with Crippen molar-refractivity contribution in [2.45, 2.75) is 111 Å². The van der Waals surface area contributed by atoms with E-state index in [1.54, 1.807) is 6.92 Å². The smallest absolute Gasteiger partial charge is 0.220 e. The van der Waals surface area contributed by atoms with E-state index in [2.05, 4.69) is 19.2 Å². The minimum atomic E-state index is 0. The largest absolute Gasteiger partial charge is 0.381 e. The second kappa shape index (κ2) is 15.8. The summed E-state index contributed by atoms with van der Waals surface area (Å²) in [6, 6.07) is 0.249. The quantitative estimate of drug-likeness (QED) is 0.439. The summed E-state index contributed by atoms with van der Waals surface area (Å²) in [7, 11) is 0. The van der Waals surface area contributed by atoms with E-state index < -0.39 is 0 Å². The van der Waals surface area contributed by atoms with Crippen molar-refractivity contribution < 1.29 is 20.5 Å². The molecule has 2 fully saturated rings. The lowest BCUT2D eigenvalue weighted by Gasteiger charge is -2.28. The highest BCUT2D eigenvalue weighted by Crippen LogP contribution is 2.29. The summed E-state index contributed by atoms with van der Waals surface area (Å²) in [6.45, 7) is 12.3. The van der Waals surface area contributed by atoms with Crippen molar-refractivity contribution in [1.29, 1.82) is 0 Å². The van der Waals surface area contributed by atoms with E-state index in [0.29, 0.717) is 36.8 Å². The molecule has 0 unspecified atom stereocenters. The van der Waals surface area contributed by atoms with Gasteiger partial charge in [0.2, 0.25) is 5.91 Å². The Morgan fingerprint density at radius 2 is 1.50 bits per heavy atom. The Balaban J connectivity index is 0.00000291. The standard InChI is InChI=1S/C23H41NO4.C2H6.H2/c1-17(2)28-16-20-8-6-19(7-9-20)15-27-14-4-5-23(26)24-22-12-10-21(11-13-22)18(3)25;1-2;/h17,19-22H,4-16H2,1-3H3,(H,24,26);1-2H3;1H. The third-order valence-corrected chi connectivity index (χ3v) is 6.34. The van der Waals surface area contributed by atoms with E-state index in [1.165, 1.54) is 25.7 Å². The van der Waals surface area contributed by atoms with E-state index in [4.69, 9.17) is 9.47 Å². The van der Waals surface area contributed by atoms with Crippen LogP contribution in [0.4, 0.5) is 0 Å². The van der Waals surface area contributed by atoms with Crippen molar-refractivity contribution >= 4 is 11.7 Å². The fraction of sp³-hybridized carbons (Fsp3) is 0.920. The van der Waals surface area contributed by atoms with Crippen LogP contribution in [0.1, 0.15) is 100 Å². The molecular weight excluding hydrogens is 378 g/mol. The number of hydrogen-bond acceptors (Lipinski definition) is 4. The van der Waals surface area contributed by atoms with E-state index >= 15 is 0 Å². The molecule has 2 aliphatic rings. The van der Waals surface area contributed by atoms with Gasteiger partial charge in [-0.2, -0.15) is 0 Å². The zero-order valence-electron chi connectivity index (χ0n) is 20.2. The van der Waals surface area contributed by atoms with Crippen molar-refractivity contribution in [3.05, 3.63) is 0 Å². The molecule has 1 N–H and O–H groups in total. The van der Waals surface area contributed by atoms with Crippen molar-refractivity contribution in [1.82, 2.24) is 5.32 Å². The molecule has 2 rings (SSSR count). The van der Waals surface area contributed by atoms with E-state index in [1.807, 2.05) is 13.8 Å². The Bertz CT molecular complexity index is 470. The fourth-order valence-corrected chi connectivity index (χ4v) is 4.42. The number of nitrogens with one attached hydrogen (secondary N) is 1. The van der Waals surface area contributed by atoms with Crippen LogP contribution in [0.2, 0.25) is 0 Å². The number of carbonyl (C=O) groups is 2. The van der Waals surface area contributed by atoms with Crippen LogP contribution >= 0.6 is 0 Å². The zero-order chi connectivity index (χ0) is 22.4. The summed E-state index contributed by atoms with van der Waals surface area (Å²) < 4.78 is 11.6. The molecule has 0 atom stereocenters. The van der Waals surface area contributed by atoms with Crippen LogP contribution in [-0.2, 0) is 19.1 Å². The molecule has 30 heavy (non-hydrogen) atoms. The molecule has 0 spiro atoms. The molecule has 0 radical (unpaired) electrons. The molecule has 0 aromatic rings. The third-order valence-electron chi connectivity index (χ3n) is 6.34. The molecule has 2 aliphatic carbocycles. The average molecular weight is 428 g/mol. The summed E-state index contributed by atoms with van der Waals surface area (Å²) in [5.41, 5.74) is 0. The summed E-state index contributed by atoms with van der Waals surface area (Å²) >= 11 is 0. The van der Waals surface area contributed by atoms with Crippen LogP contribution in [0.5, 0.6) is 0 Å². The van der Waals surface area contributed by atoms with Gasteiger partial charge in [0, 0.05) is 39.6 Å². The number of Topliss-reactive ketones (excluding diaryl/α,β-unsaturated/α-hetero) is 1. The molecule has 0 bridgehead atoms. The predicted octanol–water partition coefficient (Wildman–Crippen LogP) is 5.55. The SMILES string of the molecule is CC.CC(=O)C1CCC(NC(=O)CCCOCC2CCC(COC(C)C)CC2)CC1.[HH]. The second-order valence-corrected chi connectivity index (χ2v) is 9.17. The van der Waals surface area contributed by atoms with Gasteiger partial charge in [-0.25, -0.2) is 0 Å². The Morgan fingerprint density at radius 1 is 0.933 bits per heavy atom. The van der Waals surface area contributed by atoms with Gasteiger partial charge >= 0.3 is 0 Å². The van der Waals surface area contributed by atoms with E-state index in [0.717, 1.165) is 45.3 Å². The second-order valence-electron chi connectivity index (χ2n) is 9.17. The van der Waals surface area contributed by atoms with Gasteiger partial charge in [-0.15, -0.1) is 0 Å². The van der Waals surface area contributed by atoms with Crippen LogP contribution in [0.3, 0.4) is 0 Å². The maximum Gasteiger partial charge on any atom is 0.220 e. The monoisotopic (exact) mass is 427 g/mol. The summed E-state index contributed by atoms with van der Waals surface area (Å²) in [4.78, 5) is 23.5. The van der Waals surface area contributed by atoms with Crippen LogP contribution < -0.4 is 5.32 Å². The molecular formula is C25H49NO4. The lowest BCUT2D eigenvalue weighted by Crippen LogP contribution is -2.38. The molecule has 0 heterocycles. The van der Waals surface area contributed by atoms with Gasteiger partial charge in [-0.1, -0.05) is 13.8 Å². The summed E-state index contributed by atoms with van der Waals surface area (Å²) in [5.74, 6) is 2.01. The minimum Gasteiger partial charge on any atom is -0.381 e. The number of carbonyl (C=O) groups excluding carboxylic acids is 2. The summed E-state index contributed by atoms with van der Waals surface area (Å²) in [6.07, 6.45) is 10.3. The van der Waals surface area contributed by atoms with Gasteiger partial charge in [0.25, 0.3) is 0 Å². The Morgan fingerprint density at radius 3 is 2.03 bits per heavy atom. The molecule has 178 valence electrons. The van der Waals surface area contributed by atoms with Gasteiger partial charge in [0.1, 0.15) is 5.78 Å². The van der Waals surface area contributed by atoms with Crippen LogP contribution in [0.15, 0.2) is 0 Å². The first-order chi connectivity index (χ1) is 14.4. The van der Waals surface area contributed by atoms with Crippen molar-refractivity contribution in [2.24, 2.45) is 17.8 Å². The molecule has 0 aliphatic heterocycles. The van der Waals surface area contributed by atoms with Gasteiger partial charge < -0.3 is 14.8 Å². The first kappa shape index (κ1) is 27.1. The van der Waals surface area contributed by atoms with Gasteiger partial charge in [-0.05, 0) is 90.4 Å². The third kappa shape index (κ3) is 11.5. The normalized spacial score (nSPS) is 26.6. The van der Waals surface area contributed by atoms with Crippen molar-refractivity contribution in [3.63, 3.8) is 0 Å². The van der Waals surface area contributed by atoms with Gasteiger partial charge in [0.15, 0.2) is 0 Å². The highest BCUT2D eigenvalue weighted by Gasteiger charge is 2.25. The molecule has 1 amide bonds. The average Bonchev–Trinajstić information content (AvgIpc) is 2.74. The lowest BCUT2D eigenvalue weighted by atomic mass is 9.83. The maximum absolute atomic E-state index is 12.1. The number of amides is 1. The van der Waals surface area contributed by atoms with Crippen LogP contribution in [0.25, 0.3) is 0 Å². The fourth-order valence-electron chi connectivity index (χ4n) is 4.42. The van der Waals surface area contributed by atoms with Crippen molar-refractivity contribution in [3.8, 4) is 0 Å². The van der Waals surface area contributed by atoms with Crippen LogP contribution in [0, 0.1) is 17.8 Å². The van der Waals surface area contributed by atoms with E-state index in [9.17, 15) is 9.59 Å². The number of ketones is 1. The van der Waals surface area contributed by atoms with Crippen molar-refractivity contribution in [2.75, 3.05) is 19.8 Å². The van der Waals surface area contributed by atoms with E-state index in [-0.39, 0.29) is 19.3 Å². The molecule has 5 nitrogen and oxygen atoms in total. The van der Waals surface area contributed by atoms with Gasteiger partial charge in [0.05, 0.1) is 6.10 Å². The molecule has 5 heteroatoms. The highest BCUT2D eigenvalue weighted by atomic mass is 16.5. The molecule has 0 aromatic heterocycles. The maximum atomic E-state index is 12.1. The number of rotatable bonds is 11. The first-order valence-electron chi connectivity index (χ1n) is 12.4. The molecule has 2 saturated carbocycles. The molecule has 0 aromatic carbocycles. The lowest BCUT2D eigenvalue weighted by molar-refractivity contribution is -0.123.